The Morgan fingerprint density at radius 3 is 1.96 bits per heavy atom. The first-order valence-electron chi connectivity index (χ1n) is 9.80. The van der Waals surface area contributed by atoms with Gasteiger partial charge in [0.2, 0.25) is 0 Å². The fourth-order valence-corrected chi connectivity index (χ4v) is 3.31. The van der Waals surface area contributed by atoms with E-state index < -0.39 is 0 Å². The molecule has 0 aliphatic heterocycles. The lowest BCUT2D eigenvalue weighted by molar-refractivity contribution is 0.104. The quantitative estimate of drug-likeness (QED) is 0.391. The summed E-state index contributed by atoms with van der Waals surface area (Å²) in [6.45, 7) is 4.30. The summed E-state index contributed by atoms with van der Waals surface area (Å²) in [5.41, 5.74) is 4.14. The van der Waals surface area contributed by atoms with E-state index in [1.54, 1.807) is 6.08 Å². The summed E-state index contributed by atoms with van der Waals surface area (Å²) in [5, 5.41) is 3.59. The van der Waals surface area contributed by atoms with Crippen LogP contribution in [0.5, 0.6) is 0 Å². The van der Waals surface area contributed by atoms with Gasteiger partial charge in [0.1, 0.15) is 0 Å². The third-order valence-corrected chi connectivity index (χ3v) is 4.94. The molecule has 0 radical (unpaired) electrons. The zero-order chi connectivity index (χ0) is 19.8. The lowest BCUT2D eigenvalue weighted by Crippen LogP contribution is -2.24. The van der Waals surface area contributed by atoms with Crippen molar-refractivity contribution in [1.29, 1.82) is 0 Å². The van der Waals surface area contributed by atoms with Crippen molar-refractivity contribution in [2.75, 3.05) is 0 Å². The molecule has 2 nitrogen and oxygen atoms in total. The van der Waals surface area contributed by atoms with Gasteiger partial charge in [0.25, 0.3) is 0 Å². The van der Waals surface area contributed by atoms with Crippen molar-refractivity contribution in [2.24, 2.45) is 5.92 Å². The normalized spacial score (nSPS) is 13.6. The van der Waals surface area contributed by atoms with Gasteiger partial charge in [-0.2, -0.15) is 0 Å². The average Bonchev–Trinajstić information content (AvgIpc) is 2.75. The maximum atomic E-state index is 12.8. The van der Waals surface area contributed by atoms with Crippen LogP contribution in [-0.2, 0) is 6.42 Å². The fraction of sp³-hybridized carbons (Fsp3) is 0.192. The number of nitrogens with one attached hydrogen (secondary N) is 1. The summed E-state index contributed by atoms with van der Waals surface area (Å²) in [5.74, 6) is 0.226. The minimum absolute atomic E-state index is 0.0308. The van der Waals surface area contributed by atoms with Crippen LogP contribution in [0.1, 0.15) is 41.4 Å². The molecule has 0 aromatic heterocycles. The number of rotatable bonds is 8. The molecule has 0 spiro atoms. The first-order valence-corrected chi connectivity index (χ1v) is 9.80. The molecule has 0 saturated carbocycles. The molecule has 0 aliphatic rings. The fourth-order valence-electron chi connectivity index (χ4n) is 3.31. The smallest absolute Gasteiger partial charge is 0.187 e. The van der Waals surface area contributed by atoms with Crippen LogP contribution in [0, 0.1) is 5.92 Å². The molecule has 0 bridgehead atoms. The van der Waals surface area contributed by atoms with E-state index in [9.17, 15) is 4.79 Å². The van der Waals surface area contributed by atoms with E-state index in [1.807, 2.05) is 54.6 Å². The largest absolute Gasteiger partial charge is 0.381 e. The Morgan fingerprint density at radius 2 is 1.36 bits per heavy atom. The molecule has 3 rings (SSSR count). The molecule has 0 aliphatic carbocycles. The van der Waals surface area contributed by atoms with E-state index >= 15 is 0 Å². The summed E-state index contributed by atoms with van der Waals surface area (Å²) in [7, 11) is 0. The van der Waals surface area contributed by atoms with Crippen molar-refractivity contribution in [3.8, 4) is 0 Å². The van der Waals surface area contributed by atoms with Crippen molar-refractivity contribution in [3.05, 3.63) is 119 Å². The Kier molecular flexibility index (Phi) is 6.80. The van der Waals surface area contributed by atoms with E-state index in [0.29, 0.717) is 5.56 Å². The van der Waals surface area contributed by atoms with Crippen LogP contribution in [0.4, 0.5) is 0 Å². The first kappa shape index (κ1) is 19.6. The highest BCUT2D eigenvalue weighted by Gasteiger charge is 2.16. The van der Waals surface area contributed by atoms with Gasteiger partial charge in [0.15, 0.2) is 5.78 Å². The number of carbonyl (C=O) groups is 1. The summed E-state index contributed by atoms with van der Waals surface area (Å²) < 4.78 is 0. The topological polar surface area (TPSA) is 29.1 Å². The number of allylic oxidation sites excluding steroid dienone is 2. The molecular weight excluding hydrogens is 342 g/mol. The number of ketones is 1. The zero-order valence-corrected chi connectivity index (χ0v) is 16.5. The lowest BCUT2D eigenvalue weighted by Gasteiger charge is -2.23. The Hall–Kier alpha value is -3.13. The Morgan fingerprint density at radius 1 is 0.821 bits per heavy atom. The molecular formula is C26H27NO. The predicted octanol–water partition coefficient (Wildman–Crippen LogP) is 5.98. The van der Waals surface area contributed by atoms with Crippen molar-refractivity contribution >= 4 is 5.78 Å². The third kappa shape index (κ3) is 5.43. The van der Waals surface area contributed by atoms with Gasteiger partial charge in [0, 0.05) is 29.3 Å². The first-order chi connectivity index (χ1) is 13.6. The minimum atomic E-state index is 0.0308. The van der Waals surface area contributed by atoms with E-state index in [-0.39, 0.29) is 17.7 Å². The molecule has 0 unspecified atom stereocenters. The molecule has 2 heteroatoms. The van der Waals surface area contributed by atoms with Crippen molar-refractivity contribution in [2.45, 2.75) is 26.3 Å². The SMILES string of the molecule is C[C@@H](Cc1ccccc1)/C(=C/C(=O)c1ccccc1)N[C@H](C)c1ccccc1. The number of carbonyl (C=O) groups excluding carboxylic acids is 1. The molecule has 2 atom stereocenters. The Bertz CT molecular complexity index is 901. The molecule has 3 aromatic rings. The van der Waals surface area contributed by atoms with Crippen molar-refractivity contribution in [3.63, 3.8) is 0 Å². The third-order valence-electron chi connectivity index (χ3n) is 4.94. The Labute approximate surface area is 167 Å². The molecule has 0 fully saturated rings. The van der Waals surface area contributed by atoms with E-state index in [1.165, 1.54) is 11.1 Å². The van der Waals surface area contributed by atoms with Crippen LogP contribution in [-0.4, -0.2) is 5.78 Å². The van der Waals surface area contributed by atoms with Gasteiger partial charge < -0.3 is 5.32 Å². The maximum Gasteiger partial charge on any atom is 0.187 e. The van der Waals surface area contributed by atoms with Crippen LogP contribution in [0.3, 0.4) is 0 Å². The van der Waals surface area contributed by atoms with Gasteiger partial charge >= 0.3 is 0 Å². The number of hydrogen-bond donors (Lipinski definition) is 1. The molecule has 0 heterocycles. The molecule has 3 aromatic carbocycles. The highest BCUT2D eigenvalue weighted by atomic mass is 16.1. The summed E-state index contributed by atoms with van der Waals surface area (Å²) in [6.07, 6.45) is 2.64. The highest BCUT2D eigenvalue weighted by Crippen LogP contribution is 2.21. The van der Waals surface area contributed by atoms with Gasteiger partial charge in [-0.05, 0) is 24.5 Å². The molecule has 28 heavy (non-hydrogen) atoms. The van der Waals surface area contributed by atoms with Crippen molar-refractivity contribution in [1.82, 2.24) is 5.32 Å². The molecule has 142 valence electrons. The van der Waals surface area contributed by atoms with E-state index in [2.05, 4.69) is 55.6 Å². The standard InChI is InChI=1S/C26H27NO/c1-20(18-22-12-6-3-7-13-22)25(19-26(28)24-16-10-5-11-17-24)27-21(2)23-14-8-4-9-15-23/h3-17,19-21,27H,18H2,1-2H3/b25-19-/t20-,21+/m0/s1. The molecule has 0 amide bonds. The van der Waals surface area contributed by atoms with E-state index in [4.69, 9.17) is 0 Å². The van der Waals surface area contributed by atoms with E-state index in [0.717, 1.165) is 12.1 Å². The number of benzene rings is 3. The van der Waals surface area contributed by atoms with Gasteiger partial charge in [-0.1, -0.05) is 97.9 Å². The second kappa shape index (κ2) is 9.70. The van der Waals surface area contributed by atoms with Crippen LogP contribution in [0.25, 0.3) is 0 Å². The van der Waals surface area contributed by atoms with Gasteiger partial charge in [-0.15, -0.1) is 0 Å². The number of hydrogen-bond acceptors (Lipinski definition) is 2. The van der Waals surface area contributed by atoms with Crippen LogP contribution < -0.4 is 5.32 Å². The van der Waals surface area contributed by atoms with Gasteiger partial charge in [0.05, 0.1) is 0 Å². The predicted molar refractivity (Wildman–Crippen MR) is 116 cm³/mol. The Balaban J connectivity index is 1.84. The van der Waals surface area contributed by atoms with Crippen molar-refractivity contribution < 1.29 is 4.79 Å². The lowest BCUT2D eigenvalue weighted by atomic mass is 9.95. The van der Waals surface area contributed by atoms with Crippen LogP contribution in [0.15, 0.2) is 103 Å². The van der Waals surface area contributed by atoms with Crippen LogP contribution in [0.2, 0.25) is 0 Å². The second-order valence-corrected chi connectivity index (χ2v) is 7.20. The molecule has 0 saturated heterocycles. The summed E-state index contributed by atoms with van der Waals surface area (Å²) in [4.78, 5) is 12.8. The summed E-state index contributed by atoms with van der Waals surface area (Å²) >= 11 is 0. The van der Waals surface area contributed by atoms with Gasteiger partial charge in [-0.25, -0.2) is 0 Å². The molecule has 1 N–H and O–H groups in total. The average molecular weight is 370 g/mol. The van der Waals surface area contributed by atoms with Gasteiger partial charge in [-0.3, -0.25) is 4.79 Å². The zero-order valence-electron chi connectivity index (χ0n) is 16.5. The minimum Gasteiger partial charge on any atom is -0.381 e. The highest BCUT2D eigenvalue weighted by molar-refractivity contribution is 6.04. The van der Waals surface area contributed by atoms with Crippen LogP contribution >= 0.6 is 0 Å². The second-order valence-electron chi connectivity index (χ2n) is 7.20. The summed E-state index contributed by atoms with van der Waals surface area (Å²) in [6, 6.07) is 30.3. The maximum absolute atomic E-state index is 12.8. The monoisotopic (exact) mass is 369 g/mol.